The van der Waals surface area contributed by atoms with Gasteiger partial charge in [-0.2, -0.15) is 0 Å². The molecule has 0 saturated carbocycles. The van der Waals surface area contributed by atoms with E-state index in [1.165, 1.54) is 13.8 Å². The second kappa shape index (κ2) is 22.4. The second-order valence-corrected chi connectivity index (χ2v) is 3.31. The van der Waals surface area contributed by atoms with Gasteiger partial charge < -0.3 is 52.5 Å². The zero-order valence-corrected chi connectivity index (χ0v) is 14.1. The Kier molecular flexibility index (Phi) is 27.7. The van der Waals surface area contributed by atoms with Crippen LogP contribution < -0.4 is 11.5 Å². The highest BCUT2D eigenvalue weighted by molar-refractivity contribution is 6.28. The zero-order chi connectivity index (χ0) is 24.0. The van der Waals surface area contributed by atoms with Gasteiger partial charge in [-0.1, -0.05) is 10.3 Å². The smallest absolute Gasteiger partial charge is 0.414 e. The minimum atomic E-state index is -1.82. The van der Waals surface area contributed by atoms with Crippen LogP contribution in [0.15, 0.2) is 10.3 Å². The molecule has 0 aromatic heterocycles. The lowest BCUT2D eigenvalue weighted by atomic mass is 10.7. The summed E-state index contributed by atoms with van der Waals surface area (Å²) < 4.78 is 0. The maximum absolute atomic E-state index is 9.10. The fourth-order valence-electron chi connectivity index (χ4n) is 0. The summed E-state index contributed by atoms with van der Waals surface area (Å²) in [4.78, 5) is 54.6. The van der Waals surface area contributed by atoms with Gasteiger partial charge in [-0.3, -0.25) is 0 Å². The van der Waals surface area contributed by atoms with E-state index in [1.54, 1.807) is 0 Å². The van der Waals surface area contributed by atoms with Crippen molar-refractivity contribution >= 4 is 47.5 Å². The van der Waals surface area contributed by atoms with Crippen molar-refractivity contribution in [2.45, 2.75) is 13.8 Å². The quantitative estimate of drug-likeness (QED) is 0.0614. The molecule has 12 N–H and O–H groups in total. The van der Waals surface area contributed by atoms with Crippen LogP contribution in [0, 0.1) is 0 Å². The molecule has 0 saturated heterocycles. The monoisotopic (exact) mass is 418 g/mol. The maximum atomic E-state index is 9.10. The Bertz CT molecular complexity index is 480. The summed E-state index contributed by atoms with van der Waals surface area (Å²) in [6, 6.07) is 0. The average molecular weight is 418 g/mol. The van der Waals surface area contributed by atoms with E-state index < -0.39 is 35.8 Å². The molecule has 28 heavy (non-hydrogen) atoms. The topological polar surface area (TPSA) is 341 Å². The Morgan fingerprint density at radius 3 is 0.571 bits per heavy atom. The van der Waals surface area contributed by atoms with E-state index in [2.05, 4.69) is 10.3 Å². The van der Waals surface area contributed by atoms with E-state index in [9.17, 15) is 0 Å². The molecule has 0 aliphatic heterocycles. The number of amidine groups is 2. The Labute approximate surface area is 154 Å². The molecule has 0 radical (unpaired) electrons. The van der Waals surface area contributed by atoms with Crippen molar-refractivity contribution in [3.63, 3.8) is 0 Å². The number of nitrogens with zero attached hydrogens (tertiary/aromatic N) is 2. The van der Waals surface area contributed by atoms with E-state index in [0.29, 0.717) is 0 Å². The van der Waals surface area contributed by atoms with Gasteiger partial charge in [0, 0.05) is 0 Å². The van der Waals surface area contributed by atoms with Crippen LogP contribution in [-0.4, -0.2) is 88.5 Å². The van der Waals surface area contributed by atoms with Gasteiger partial charge in [0.15, 0.2) is 0 Å². The standard InChI is InChI=1S/2C2H6N2O.3C2H2O4/c2*1-2(3)4-5;3*3-1(4)2(5)6/h2*5H,1H3,(H2,3,4);3*(H,3,4)(H,5,6). The van der Waals surface area contributed by atoms with Gasteiger partial charge in [-0.05, 0) is 13.8 Å². The molecule has 0 spiro atoms. The number of nitrogens with two attached hydrogens (primary N) is 2. The van der Waals surface area contributed by atoms with Crippen LogP contribution in [0.4, 0.5) is 0 Å². The Hall–Kier alpha value is -4.64. The van der Waals surface area contributed by atoms with Gasteiger partial charge in [-0.25, -0.2) is 28.8 Å². The number of hydrogen-bond donors (Lipinski definition) is 10. The summed E-state index contributed by atoms with van der Waals surface area (Å²) in [5.41, 5.74) is 9.58. The normalized spacial score (nSPS) is 8.93. The molecule has 0 amide bonds. The lowest BCUT2D eigenvalue weighted by Gasteiger charge is -1.73. The van der Waals surface area contributed by atoms with Crippen LogP contribution in [0.1, 0.15) is 13.8 Å². The third-order valence-electron chi connectivity index (χ3n) is 0.864. The van der Waals surface area contributed by atoms with Crippen LogP contribution in [0.5, 0.6) is 0 Å². The number of oxime groups is 2. The molecule has 0 unspecified atom stereocenters. The van der Waals surface area contributed by atoms with Crippen molar-refractivity contribution in [1.29, 1.82) is 0 Å². The summed E-state index contributed by atoms with van der Waals surface area (Å²) in [7, 11) is 0. The second-order valence-electron chi connectivity index (χ2n) is 3.31. The van der Waals surface area contributed by atoms with Crippen LogP contribution in [0.3, 0.4) is 0 Å². The molecular weight excluding hydrogens is 400 g/mol. The Morgan fingerprint density at radius 2 is 0.571 bits per heavy atom. The van der Waals surface area contributed by atoms with Crippen molar-refractivity contribution < 1.29 is 69.8 Å². The summed E-state index contributed by atoms with van der Waals surface area (Å²) in [6.45, 7) is 3.00. The summed E-state index contributed by atoms with van der Waals surface area (Å²) >= 11 is 0. The lowest BCUT2D eigenvalue weighted by molar-refractivity contribution is -0.159. The molecule has 0 heterocycles. The highest BCUT2D eigenvalue weighted by atomic mass is 16.5. The van der Waals surface area contributed by atoms with Crippen molar-refractivity contribution in [2.24, 2.45) is 21.8 Å². The van der Waals surface area contributed by atoms with E-state index in [0.717, 1.165) is 0 Å². The molecule has 0 rings (SSSR count). The number of carbonyl (C=O) groups is 6. The van der Waals surface area contributed by atoms with Crippen LogP contribution in [0.2, 0.25) is 0 Å². The van der Waals surface area contributed by atoms with Crippen molar-refractivity contribution in [3.05, 3.63) is 0 Å². The van der Waals surface area contributed by atoms with Gasteiger partial charge in [0.1, 0.15) is 11.7 Å². The van der Waals surface area contributed by atoms with E-state index in [-0.39, 0.29) is 11.7 Å². The summed E-state index contributed by atoms with van der Waals surface area (Å²) in [5.74, 6) is -10.6. The number of rotatable bonds is 0. The predicted molar refractivity (Wildman–Crippen MR) is 84.0 cm³/mol. The van der Waals surface area contributed by atoms with Gasteiger partial charge in [0.25, 0.3) is 0 Å². The number of hydrogen-bond acceptors (Lipinski definition) is 10. The predicted octanol–water partition coefficient (Wildman–Crippen LogP) is -3.03. The fourth-order valence-corrected chi connectivity index (χ4v) is 0. The van der Waals surface area contributed by atoms with Gasteiger partial charge in [0.05, 0.1) is 0 Å². The highest BCUT2D eigenvalue weighted by Crippen LogP contribution is 1.57. The summed E-state index contributed by atoms with van der Waals surface area (Å²) in [5, 5.41) is 64.7. The highest BCUT2D eigenvalue weighted by Gasteiger charge is 2.04. The van der Waals surface area contributed by atoms with E-state index in [4.69, 9.17) is 81.3 Å². The molecule has 0 aliphatic carbocycles. The number of carboxylic acids is 6. The Balaban J connectivity index is -0.0000000789. The minimum absolute atomic E-state index is 0.185. The molecule has 0 atom stereocenters. The molecule has 18 nitrogen and oxygen atoms in total. The maximum Gasteiger partial charge on any atom is 0.414 e. The minimum Gasteiger partial charge on any atom is -0.473 e. The molecule has 162 valence electrons. The first-order chi connectivity index (χ1) is 12.5. The first kappa shape index (κ1) is 34.6. The number of aliphatic carboxylic acids is 6. The van der Waals surface area contributed by atoms with Crippen LogP contribution in [0.25, 0.3) is 0 Å². The van der Waals surface area contributed by atoms with E-state index >= 15 is 0 Å². The zero-order valence-electron chi connectivity index (χ0n) is 14.1. The molecule has 0 bridgehead atoms. The van der Waals surface area contributed by atoms with Crippen LogP contribution in [-0.2, 0) is 28.8 Å². The first-order valence-corrected chi connectivity index (χ1v) is 5.74. The van der Waals surface area contributed by atoms with Crippen molar-refractivity contribution in [2.75, 3.05) is 0 Å². The average Bonchev–Trinajstić information content (AvgIpc) is 2.56. The molecular formula is C10H18N4O14. The van der Waals surface area contributed by atoms with Crippen molar-refractivity contribution in [3.8, 4) is 0 Å². The molecule has 0 aliphatic rings. The van der Waals surface area contributed by atoms with Crippen LogP contribution >= 0.6 is 0 Å². The third-order valence-corrected chi connectivity index (χ3v) is 0.864. The van der Waals surface area contributed by atoms with Crippen molar-refractivity contribution in [1.82, 2.24) is 0 Å². The van der Waals surface area contributed by atoms with Gasteiger partial charge in [-0.15, -0.1) is 0 Å². The Morgan fingerprint density at radius 1 is 0.500 bits per heavy atom. The molecule has 0 fully saturated rings. The van der Waals surface area contributed by atoms with Gasteiger partial charge >= 0.3 is 35.8 Å². The largest absolute Gasteiger partial charge is 0.473 e. The first-order valence-electron chi connectivity index (χ1n) is 5.74. The lowest BCUT2D eigenvalue weighted by Crippen LogP contribution is -2.09. The van der Waals surface area contributed by atoms with E-state index in [1.807, 2.05) is 0 Å². The molecule has 18 heteroatoms. The fraction of sp³-hybridized carbons (Fsp3) is 0.200. The number of carboxylic acid groups (broad SMARTS) is 6. The molecule has 0 aromatic carbocycles. The molecule has 0 aromatic rings. The van der Waals surface area contributed by atoms with Gasteiger partial charge in [0.2, 0.25) is 0 Å². The summed E-state index contributed by atoms with van der Waals surface area (Å²) in [6.07, 6.45) is 0. The third kappa shape index (κ3) is 68.6. The SMILES string of the molecule is CC(N)=NO.CC(N)=NO.O=C(O)C(=O)O.O=C(O)C(=O)O.O=C(O)C(=O)O.